The molecule has 0 amide bonds. The standard InChI is InChI=1S/C8H7FO5S3/c1-2-16(10,11)8-5-3-7(4-6-8)14-17(12,13)15-9/h2-6H,1H2. The smallest absolute Gasteiger partial charge is 0.373 e. The largest absolute Gasteiger partial charge is 0.397 e. The number of sulfone groups is 1. The summed E-state index contributed by atoms with van der Waals surface area (Å²) in [6.45, 7) is 3.14. The summed E-state index contributed by atoms with van der Waals surface area (Å²) >= 11 is -0.948. The predicted molar refractivity (Wildman–Crippen MR) is 62.1 cm³/mol. The third-order valence-corrected chi connectivity index (χ3v) is 4.23. The summed E-state index contributed by atoms with van der Waals surface area (Å²) in [6.07, 6.45) is 0. The number of benzene rings is 1. The molecule has 0 spiro atoms. The first-order valence-electron chi connectivity index (χ1n) is 4.03. The maximum Gasteiger partial charge on any atom is 0.397 e. The maximum absolute atomic E-state index is 11.9. The van der Waals surface area contributed by atoms with Gasteiger partial charge >= 0.3 is 9.15 Å². The fourth-order valence-electron chi connectivity index (χ4n) is 0.912. The molecule has 1 rings (SSSR count). The summed E-state index contributed by atoms with van der Waals surface area (Å²) in [7, 11) is -7.93. The first kappa shape index (κ1) is 14.0. The van der Waals surface area contributed by atoms with E-state index in [1.807, 2.05) is 0 Å². The summed E-state index contributed by atoms with van der Waals surface area (Å²) in [4.78, 5) is -0.0647. The Hall–Kier alpha value is -1.06. The van der Waals surface area contributed by atoms with Gasteiger partial charge in [0.05, 0.1) is 4.90 Å². The summed E-state index contributed by atoms with van der Waals surface area (Å²) in [6, 6.07) is 4.46. The van der Waals surface area contributed by atoms with Crippen LogP contribution in [0.2, 0.25) is 0 Å². The van der Waals surface area contributed by atoms with Gasteiger partial charge in [0.25, 0.3) is 0 Å². The molecule has 9 heteroatoms. The van der Waals surface area contributed by atoms with E-state index in [-0.39, 0.29) is 10.6 Å². The highest BCUT2D eigenvalue weighted by Gasteiger charge is 2.15. The molecule has 94 valence electrons. The Kier molecular flexibility index (Phi) is 4.17. The van der Waals surface area contributed by atoms with E-state index in [9.17, 15) is 20.7 Å². The molecule has 1 aromatic rings. The van der Waals surface area contributed by atoms with Crippen LogP contribution < -0.4 is 4.18 Å². The Labute approximate surface area is 102 Å². The van der Waals surface area contributed by atoms with E-state index in [1.54, 1.807) is 0 Å². The first-order chi connectivity index (χ1) is 7.80. The highest BCUT2D eigenvalue weighted by atomic mass is 33.2. The van der Waals surface area contributed by atoms with Gasteiger partial charge in [-0.1, -0.05) is 6.58 Å². The van der Waals surface area contributed by atoms with E-state index in [4.69, 9.17) is 0 Å². The van der Waals surface area contributed by atoms with Gasteiger partial charge in [-0.3, -0.25) is 0 Å². The van der Waals surface area contributed by atoms with Crippen LogP contribution in [0.3, 0.4) is 0 Å². The number of halogens is 1. The van der Waals surface area contributed by atoms with Gasteiger partial charge in [-0.05, 0) is 24.3 Å². The van der Waals surface area contributed by atoms with Crippen LogP contribution in [-0.4, -0.2) is 16.8 Å². The van der Waals surface area contributed by atoms with Crippen LogP contribution in [0.1, 0.15) is 0 Å². The van der Waals surface area contributed by atoms with E-state index in [0.717, 1.165) is 29.7 Å². The Bertz CT molecular complexity index is 603. The first-order valence-corrected chi connectivity index (χ1v) is 8.22. The minimum absolute atomic E-state index is 0.0647. The van der Waals surface area contributed by atoms with E-state index in [0.29, 0.717) is 0 Å². The van der Waals surface area contributed by atoms with Crippen molar-refractivity contribution in [2.75, 3.05) is 0 Å². The average molecular weight is 298 g/mol. The fraction of sp³-hybridized carbons (Fsp3) is 0. The molecule has 0 aliphatic carbocycles. The van der Waals surface area contributed by atoms with Crippen LogP contribution in [-0.2, 0) is 19.0 Å². The van der Waals surface area contributed by atoms with Crippen molar-refractivity contribution < 1.29 is 24.9 Å². The van der Waals surface area contributed by atoms with E-state index < -0.39 is 30.2 Å². The zero-order chi connectivity index (χ0) is 13.1. The van der Waals surface area contributed by atoms with Crippen LogP contribution >= 0.6 is 11.2 Å². The average Bonchev–Trinajstić information content (AvgIpc) is 2.29. The molecule has 0 saturated carbocycles. The van der Waals surface area contributed by atoms with Gasteiger partial charge in [-0.2, -0.15) is 8.42 Å². The van der Waals surface area contributed by atoms with Gasteiger partial charge in [0, 0.05) is 5.41 Å². The van der Waals surface area contributed by atoms with Gasteiger partial charge in [0.2, 0.25) is 11.2 Å². The summed E-state index contributed by atoms with van der Waals surface area (Å²) in [5.41, 5.74) is 0. The van der Waals surface area contributed by atoms with Crippen LogP contribution in [0.5, 0.6) is 5.75 Å². The molecule has 0 aliphatic rings. The van der Waals surface area contributed by atoms with Gasteiger partial charge < -0.3 is 4.18 Å². The molecule has 0 radical (unpaired) electrons. The van der Waals surface area contributed by atoms with Crippen molar-refractivity contribution in [1.29, 1.82) is 0 Å². The van der Waals surface area contributed by atoms with Crippen molar-refractivity contribution in [3.8, 4) is 5.75 Å². The van der Waals surface area contributed by atoms with E-state index >= 15 is 0 Å². The van der Waals surface area contributed by atoms with Crippen LogP contribution in [0.25, 0.3) is 0 Å². The van der Waals surface area contributed by atoms with Gasteiger partial charge in [-0.15, -0.1) is 3.89 Å². The molecule has 0 saturated heterocycles. The van der Waals surface area contributed by atoms with E-state index in [1.165, 1.54) is 0 Å². The molecule has 17 heavy (non-hydrogen) atoms. The highest BCUT2D eigenvalue weighted by molar-refractivity contribution is 8.68. The lowest BCUT2D eigenvalue weighted by atomic mass is 10.3. The van der Waals surface area contributed by atoms with Crippen molar-refractivity contribution in [3.05, 3.63) is 36.3 Å². The van der Waals surface area contributed by atoms with Crippen molar-refractivity contribution in [3.63, 3.8) is 0 Å². The number of hydrogen-bond donors (Lipinski definition) is 0. The minimum Gasteiger partial charge on any atom is -0.373 e. The second-order valence-corrected chi connectivity index (χ2v) is 7.34. The van der Waals surface area contributed by atoms with Crippen LogP contribution in [0.15, 0.2) is 41.1 Å². The van der Waals surface area contributed by atoms with Gasteiger partial charge in [0.1, 0.15) is 5.75 Å². The number of rotatable bonds is 5. The number of hydrogen-bond acceptors (Lipinski definition) is 6. The van der Waals surface area contributed by atoms with E-state index in [2.05, 4.69) is 10.8 Å². The lowest BCUT2D eigenvalue weighted by Gasteiger charge is -2.03. The molecule has 0 atom stereocenters. The highest BCUT2D eigenvalue weighted by Crippen LogP contribution is 2.22. The Morgan fingerprint density at radius 3 is 2.12 bits per heavy atom. The van der Waals surface area contributed by atoms with Crippen molar-refractivity contribution in [1.82, 2.24) is 0 Å². The van der Waals surface area contributed by atoms with Gasteiger partial charge in [0.15, 0.2) is 9.84 Å². The molecular formula is C8H7FO5S3. The maximum atomic E-state index is 11.9. The summed E-state index contributed by atoms with van der Waals surface area (Å²) < 4.78 is 60.3. The zero-order valence-electron chi connectivity index (χ0n) is 8.24. The third kappa shape index (κ3) is 3.72. The summed E-state index contributed by atoms with van der Waals surface area (Å²) in [5, 5.41) is 0.761. The molecular weight excluding hydrogens is 291 g/mol. The lowest BCUT2D eigenvalue weighted by Crippen LogP contribution is -2.02. The lowest BCUT2D eigenvalue weighted by molar-refractivity contribution is 0.503. The summed E-state index contributed by atoms with van der Waals surface area (Å²) in [5.74, 6) is -0.182. The monoisotopic (exact) mass is 298 g/mol. The Balaban J connectivity index is 3.02. The second kappa shape index (κ2) is 5.07. The molecule has 0 aromatic heterocycles. The van der Waals surface area contributed by atoms with Crippen LogP contribution in [0, 0.1) is 0 Å². The van der Waals surface area contributed by atoms with Crippen LogP contribution in [0.4, 0.5) is 3.89 Å². The van der Waals surface area contributed by atoms with Crippen molar-refractivity contribution in [2.24, 2.45) is 0 Å². The second-order valence-electron chi connectivity index (χ2n) is 2.74. The molecule has 1 aromatic carbocycles. The molecule has 5 nitrogen and oxygen atoms in total. The zero-order valence-corrected chi connectivity index (χ0v) is 10.7. The molecule has 0 unspecified atom stereocenters. The molecule has 0 heterocycles. The molecule has 0 fully saturated rings. The third-order valence-electron chi connectivity index (χ3n) is 1.65. The Morgan fingerprint density at radius 1 is 1.18 bits per heavy atom. The molecule has 0 N–H and O–H groups in total. The quantitative estimate of drug-likeness (QED) is 0.772. The molecule has 0 bridgehead atoms. The Morgan fingerprint density at radius 2 is 1.71 bits per heavy atom. The van der Waals surface area contributed by atoms with Gasteiger partial charge in [-0.25, -0.2) is 8.42 Å². The van der Waals surface area contributed by atoms with Crippen molar-refractivity contribution >= 4 is 30.2 Å². The topological polar surface area (TPSA) is 77.5 Å². The molecule has 0 aliphatic heterocycles. The fourth-order valence-corrected chi connectivity index (χ4v) is 2.31. The SMILES string of the molecule is C=CS(=O)(=O)c1ccc(OS(=O)(=O)SF)cc1. The minimum atomic E-state index is -4.35. The normalized spacial score (nSPS) is 12.1. The predicted octanol–water partition coefficient (Wildman–Crippen LogP) is 1.85. The van der Waals surface area contributed by atoms with Crippen molar-refractivity contribution in [2.45, 2.75) is 4.90 Å².